The molecular formula is C10H12ClNO2. The summed E-state index contributed by atoms with van der Waals surface area (Å²) in [6.45, 7) is 3.97. The molecule has 0 radical (unpaired) electrons. The molecule has 14 heavy (non-hydrogen) atoms. The van der Waals surface area contributed by atoms with E-state index in [1.165, 1.54) is 13.3 Å². The van der Waals surface area contributed by atoms with Crippen LogP contribution in [0, 0.1) is 0 Å². The molecule has 0 aliphatic heterocycles. The van der Waals surface area contributed by atoms with Gasteiger partial charge in [-0.15, -0.1) is 0 Å². The summed E-state index contributed by atoms with van der Waals surface area (Å²) >= 11 is 5.75. The molecule has 0 aliphatic rings. The minimum atomic E-state index is -0.377. The van der Waals surface area contributed by atoms with Gasteiger partial charge in [0, 0.05) is 6.20 Å². The Morgan fingerprint density at radius 2 is 2.21 bits per heavy atom. The highest BCUT2D eigenvalue weighted by Gasteiger charge is 2.15. The van der Waals surface area contributed by atoms with Gasteiger partial charge in [0.2, 0.25) is 0 Å². The third-order valence-electron chi connectivity index (χ3n) is 1.93. The Bertz CT molecular complexity index is 350. The van der Waals surface area contributed by atoms with Crippen LogP contribution < -0.4 is 0 Å². The van der Waals surface area contributed by atoms with Gasteiger partial charge in [0.25, 0.3) is 0 Å². The molecule has 1 heterocycles. The van der Waals surface area contributed by atoms with Crippen molar-refractivity contribution in [2.75, 3.05) is 7.11 Å². The molecule has 3 nitrogen and oxygen atoms in total. The number of esters is 1. The lowest BCUT2D eigenvalue weighted by molar-refractivity contribution is 0.0598. The van der Waals surface area contributed by atoms with Gasteiger partial charge in [-0.05, 0) is 17.5 Å². The van der Waals surface area contributed by atoms with E-state index in [9.17, 15) is 4.79 Å². The summed E-state index contributed by atoms with van der Waals surface area (Å²) < 4.78 is 4.64. The summed E-state index contributed by atoms with van der Waals surface area (Å²) in [6, 6.07) is 1.69. The molecular weight excluding hydrogens is 202 g/mol. The van der Waals surface area contributed by atoms with Crippen molar-refractivity contribution in [3.63, 3.8) is 0 Å². The zero-order chi connectivity index (χ0) is 10.7. The van der Waals surface area contributed by atoms with Gasteiger partial charge in [0.1, 0.15) is 5.15 Å². The zero-order valence-electron chi connectivity index (χ0n) is 8.37. The Balaban J connectivity index is 3.21. The van der Waals surface area contributed by atoms with Crippen LogP contribution in [0.15, 0.2) is 12.3 Å². The van der Waals surface area contributed by atoms with Crippen molar-refractivity contribution in [1.29, 1.82) is 0 Å². The number of aromatic nitrogens is 1. The van der Waals surface area contributed by atoms with Gasteiger partial charge in [-0.25, -0.2) is 9.78 Å². The van der Waals surface area contributed by atoms with Gasteiger partial charge >= 0.3 is 5.97 Å². The number of methoxy groups -OCH3 is 1. The summed E-state index contributed by atoms with van der Waals surface area (Å²) in [5, 5.41) is 0.390. The van der Waals surface area contributed by atoms with Crippen molar-refractivity contribution in [3.05, 3.63) is 28.5 Å². The number of hydrogen-bond donors (Lipinski definition) is 0. The molecule has 0 fully saturated rings. The second-order valence-electron chi connectivity index (χ2n) is 3.24. The smallest absolute Gasteiger partial charge is 0.339 e. The summed E-state index contributed by atoms with van der Waals surface area (Å²) in [6.07, 6.45) is 1.45. The molecule has 4 heteroatoms. The van der Waals surface area contributed by atoms with Gasteiger partial charge in [-0.2, -0.15) is 0 Å². The fourth-order valence-corrected chi connectivity index (χ4v) is 1.37. The Morgan fingerprint density at radius 3 is 2.71 bits per heavy atom. The minimum Gasteiger partial charge on any atom is -0.465 e. The molecule has 1 aromatic heterocycles. The van der Waals surface area contributed by atoms with E-state index in [0.717, 1.165) is 5.56 Å². The van der Waals surface area contributed by atoms with Gasteiger partial charge < -0.3 is 4.74 Å². The standard InChI is InChI=1S/C10H12ClNO2/c1-6(2)7-4-9(11)12-5-8(7)10(13)14-3/h4-6H,1-3H3. The number of carbonyl (C=O) groups excluding carboxylic acids is 1. The average molecular weight is 214 g/mol. The Labute approximate surface area is 88.1 Å². The number of rotatable bonds is 2. The SMILES string of the molecule is COC(=O)c1cnc(Cl)cc1C(C)C. The van der Waals surface area contributed by atoms with E-state index >= 15 is 0 Å². The molecule has 1 aromatic rings. The maximum Gasteiger partial charge on any atom is 0.339 e. The first kappa shape index (κ1) is 11.0. The largest absolute Gasteiger partial charge is 0.465 e. The van der Waals surface area contributed by atoms with Crippen molar-refractivity contribution < 1.29 is 9.53 Å². The van der Waals surface area contributed by atoms with Crippen LogP contribution >= 0.6 is 11.6 Å². The summed E-state index contributed by atoms with van der Waals surface area (Å²) in [5.41, 5.74) is 1.34. The Kier molecular flexibility index (Phi) is 3.47. The quantitative estimate of drug-likeness (QED) is 0.560. The molecule has 0 spiro atoms. The lowest BCUT2D eigenvalue weighted by atomic mass is 9.99. The van der Waals surface area contributed by atoms with Crippen LogP contribution in [0.5, 0.6) is 0 Å². The highest BCUT2D eigenvalue weighted by molar-refractivity contribution is 6.29. The van der Waals surface area contributed by atoms with Crippen LogP contribution in [-0.4, -0.2) is 18.1 Å². The molecule has 0 aliphatic carbocycles. The molecule has 0 bridgehead atoms. The van der Waals surface area contributed by atoms with Crippen LogP contribution in [0.4, 0.5) is 0 Å². The van der Waals surface area contributed by atoms with Crippen molar-refractivity contribution in [1.82, 2.24) is 4.98 Å². The summed E-state index contributed by atoms with van der Waals surface area (Å²) in [5.74, 6) is -0.164. The molecule has 1 rings (SSSR count). The van der Waals surface area contributed by atoms with E-state index in [4.69, 9.17) is 11.6 Å². The summed E-state index contributed by atoms with van der Waals surface area (Å²) in [4.78, 5) is 15.2. The normalized spacial score (nSPS) is 10.4. The first-order chi connectivity index (χ1) is 6.56. The molecule has 0 aromatic carbocycles. The molecule has 0 saturated heterocycles. The molecule has 0 saturated carbocycles. The fraction of sp³-hybridized carbons (Fsp3) is 0.400. The second kappa shape index (κ2) is 4.42. The van der Waals surface area contributed by atoms with E-state index in [1.807, 2.05) is 13.8 Å². The Hall–Kier alpha value is -1.09. The van der Waals surface area contributed by atoms with E-state index in [0.29, 0.717) is 10.7 Å². The van der Waals surface area contributed by atoms with Crippen LogP contribution in [0.3, 0.4) is 0 Å². The van der Waals surface area contributed by atoms with Crippen molar-refractivity contribution in [2.24, 2.45) is 0 Å². The van der Waals surface area contributed by atoms with Gasteiger partial charge in [-0.1, -0.05) is 25.4 Å². The first-order valence-electron chi connectivity index (χ1n) is 4.30. The third-order valence-corrected chi connectivity index (χ3v) is 2.14. The van der Waals surface area contributed by atoms with Crippen LogP contribution in [0.25, 0.3) is 0 Å². The van der Waals surface area contributed by atoms with E-state index in [1.54, 1.807) is 6.07 Å². The van der Waals surface area contributed by atoms with Crippen molar-refractivity contribution >= 4 is 17.6 Å². The maximum absolute atomic E-state index is 11.3. The van der Waals surface area contributed by atoms with E-state index in [-0.39, 0.29) is 11.9 Å². The molecule has 0 N–H and O–H groups in total. The van der Waals surface area contributed by atoms with E-state index < -0.39 is 0 Å². The molecule has 0 unspecified atom stereocenters. The first-order valence-corrected chi connectivity index (χ1v) is 4.67. The highest BCUT2D eigenvalue weighted by Crippen LogP contribution is 2.22. The monoisotopic (exact) mass is 213 g/mol. The number of hydrogen-bond acceptors (Lipinski definition) is 3. The average Bonchev–Trinajstić information content (AvgIpc) is 2.16. The second-order valence-corrected chi connectivity index (χ2v) is 3.63. The fourth-order valence-electron chi connectivity index (χ4n) is 1.20. The van der Waals surface area contributed by atoms with E-state index in [2.05, 4.69) is 9.72 Å². The number of ether oxygens (including phenoxy) is 1. The van der Waals surface area contributed by atoms with Crippen LogP contribution in [0.2, 0.25) is 5.15 Å². The van der Waals surface area contributed by atoms with Crippen LogP contribution in [-0.2, 0) is 4.74 Å². The lowest BCUT2D eigenvalue weighted by Gasteiger charge is -2.10. The maximum atomic E-state index is 11.3. The lowest BCUT2D eigenvalue weighted by Crippen LogP contribution is -2.07. The molecule has 0 amide bonds. The predicted molar refractivity (Wildman–Crippen MR) is 54.7 cm³/mol. The molecule has 76 valence electrons. The third kappa shape index (κ3) is 2.23. The van der Waals surface area contributed by atoms with Crippen molar-refractivity contribution in [3.8, 4) is 0 Å². The minimum absolute atomic E-state index is 0.213. The zero-order valence-corrected chi connectivity index (χ0v) is 9.13. The molecule has 0 atom stereocenters. The van der Waals surface area contributed by atoms with Gasteiger partial charge in [0.05, 0.1) is 12.7 Å². The topological polar surface area (TPSA) is 39.2 Å². The number of carbonyl (C=O) groups is 1. The highest BCUT2D eigenvalue weighted by atomic mass is 35.5. The number of pyridine rings is 1. The van der Waals surface area contributed by atoms with Gasteiger partial charge in [0.15, 0.2) is 0 Å². The van der Waals surface area contributed by atoms with Crippen LogP contribution in [0.1, 0.15) is 35.7 Å². The predicted octanol–water partition coefficient (Wildman–Crippen LogP) is 2.65. The summed E-state index contributed by atoms with van der Waals surface area (Å²) in [7, 11) is 1.35. The Morgan fingerprint density at radius 1 is 1.57 bits per heavy atom. The van der Waals surface area contributed by atoms with Gasteiger partial charge in [-0.3, -0.25) is 0 Å². The van der Waals surface area contributed by atoms with Crippen molar-refractivity contribution in [2.45, 2.75) is 19.8 Å². The number of nitrogens with zero attached hydrogens (tertiary/aromatic N) is 1. The number of halogens is 1.